The molecule has 0 spiro atoms. The molecular formula is C13H21N7O4. The highest BCUT2D eigenvalue weighted by Gasteiger charge is 2.44. The third-order valence-corrected chi connectivity index (χ3v) is 3.90. The Morgan fingerprint density at radius 2 is 2.08 bits per heavy atom. The van der Waals surface area contributed by atoms with E-state index in [0.717, 1.165) is 6.42 Å². The van der Waals surface area contributed by atoms with Crippen molar-refractivity contribution in [2.24, 2.45) is 5.73 Å². The number of aliphatic hydroxyl groups is 3. The second kappa shape index (κ2) is 6.83. The number of anilines is 2. The van der Waals surface area contributed by atoms with Crippen molar-refractivity contribution in [3.05, 3.63) is 6.33 Å². The number of fused-ring (bicyclic) bond motifs is 1. The molecule has 0 unspecified atom stereocenters. The van der Waals surface area contributed by atoms with Gasteiger partial charge in [0.15, 0.2) is 17.7 Å². The third kappa shape index (κ3) is 2.87. The first-order valence-corrected chi connectivity index (χ1v) is 7.63. The van der Waals surface area contributed by atoms with Gasteiger partial charge in [0.05, 0.1) is 12.9 Å². The van der Waals surface area contributed by atoms with E-state index in [-0.39, 0.29) is 5.82 Å². The molecule has 1 fully saturated rings. The topological polar surface area (TPSA) is 178 Å². The summed E-state index contributed by atoms with van der Waals surface area (Å²) in [5, 5.41) is 32.3. The summed E-state index contributed by atoms with van der Waals surface area (Å²) < 4.78 is 6.96. The van der Waals surface area contributed by atoms with Crippen LogP contribution in [0.3, 0.4) is 0 Å². The third-order valence-electron chi connectivity index (χ3n) is 3.90. The Morgan fingerprint density at radius 1 is 1.29 bits per heavy atom. The molecule has 11 heteroatoms. The standard InChI is InChI=1S/C13H21N7O4/c14-2-1-3-16-13-18-10(15)7-11(19-13)20(5-17-7)12-9(23)8(22)6(4-21)24-12/h5-6,8-9,12,21-23H,1-4,14H2,(H3,15,16,18,19)/t6-,8-,9-,12-/m1/s1. The molecule has 0 aromatic carbocycles. The van der Waals surface area contributed by atoms with Crippen molar-refractivity contribution in [3.8, 4) is 0 Å². The molecule has 0 radical (unpaired) electrons. The van der Waals surface area contributed by atoms with E-state index in [9.17, 15) is 15.3 Å². The van der Waals surface area contributed by atoms with Crippen molar-refractivity contribution in [2.75, 3.05) is 30.7 Å². The summed E-state index contributed by atoms with van der Waals surface area (Å²) in [4.78, 5) is 12.6. The first kappa shape index (κ1) is 16.8. The zero-order valence-electron chi connectivity index (χ0n) is 12.9. The van der Waals surface area contributed by atoms with Crippen molar-refractivity contribution >= 4 is 22.9 Å². The molecule has 1 aliphatic rings. The molecule has 24 heavy (non-hydrogen) atoms. The van der Waals surface area contributed by atoms with Crippen LogP contribution in [0.5, 0.6) is 0 Å². The molecular weight excluding hydrogens is 318 g/mol. The lowest BCUT2D eigenvalue weighted by molar-refractivity contribution is -0.0511. The number of hydrogen-bond donors (Lipinski definition) is 6. The summed E-state index contributed by atoms with van der Waals surface area (Å²) in [6, 6.07) is 0. The summed E-state index contributed by atoms with van der Waals surface area (Å²) in [5.74, 6) is 0.489. The van der Waals surface area contributed by atoms with Gasteiger partial charge in [0, 0.05) is 6.54 Å². The van der Waals surface area contributed by atoms with E-state index in [0.29, 0.717) is 30.2 Å². The number of nitrogens with one attached hydrogen (secondary N) is 1. The van der Waals surface area contributed by atoms with E-state index < -0.39 is 31.1 Å². The maximum absolute atomic E-state index is 10.2. The summed E-state index contributed by atoms with van der Waals surface area (Å²) in [6.07, 6.45) is -2.12. The van der Waals surface area contributed by atoms with Crippen molar-refractivity contribution in [1.82, 2.24) is 19.5 Å². The molecule has 11 nitrogen and oxygen atoms in total. The van der Waals surface area contributed by atoms with Crippen LogP contribution in [-0.2, 0) is 4.74 Å². The van der Waals surface area contributed by atoms with Crippen LogP contribution in [0.25, 0.3) is 11.2 Å². The Balaban J connectivity index is 1.94. The van der Waals surface area contributed by atoms with Crippen LogP contribution in [-0.4, -0.2) is 72.8 Å². The molecule has 3 rings (SSSR count). The van der Waals surface area contributed by atoms with E-state index in [1.165, 1.54) is 10.9 Å². The van der Waals surface area contributed by atoms with Gasteiger partial charge in [0.1, 0.15) is 23.8 Å². The minimum atomic E-state index is -1.23. The molecule has 0 saturated carbocycles. The van der Waals surface area contributed by atoms with Gasteiger partial charge >= 0.3 is 0 Å². The van der Waals surface area contributed by atoms with Gasteiger partial charge in [-0.15, -0.1) is 0 Å². The van der Waals surface area contributed by atoms with Gasteiger partial charge in [-0.25, -0.2) is 4.98 Å². The van der Waals surface area contributed by atoms with Crippen LogP contribution in [0.2, 0.25) is 0 Å². The predicted molar refractivity (Wildman–Crippen MR) is 84.9 cm³/mol. The molecule has 0 bridgehead atoms. The highest BCUT2D eigenvalue weighted by atomic mass is 16.6. The van der Waals surface area contributed by atoms with Gasteiger partial charge < -0.3 is 36.8 Å². The van der Waals surface area contributed by atoms with Crippen LogP contribution in [0, 0.1) is 0 Å². The second-order valence-corrected chi connectivity index (χ2v) is 5.55. The van der Waals surface area contributed by atoms with Crippen LogP contribution in [0.4, 0.5) is 11.8 Å². The van der Waals surface area contributed by atoms with E-state index in [2.05, 4.69) is 20.3 Å². The first-order valence-electron chi connectivity index (χ1n) is 7.63. The SMILES string of the molecule is NCCCNc1nc(N)c2ncn([C@@H]3O[C@H](CO)[C@@H](O)[C@H]3O)c2n1. The quantitative estimate of drug-likeness (QED) is 0.316. The zero-order chi connectivity index (χ0) is 17.3. The summed E-state index contributed by atoms with van der Waals surface area (Å²) in [5.41, 5.74) is 12.1. The maximum Gasteiger partial charge on any atom is 0.226 e. The van der Waals surface area contributed by atoms with E-state index >= 15 is 0 Å². The molecule has 0 aliphatic carbocycles. The maximum atomic E-state index is 10.2. The highest BCUT2D eigenvalue weighted by Crippen LogP contribution is 2.32. The molecule has 1 aliphatic heterocycles. The largest absolute Gasteiger partial charge is 0.394 e. The molecule has 4 atom stereocenters. The number of nitrogens with two attached hydrogens (primary N) is 2. The van der Waals surface area contributed by atoms with E-state index in [1.54, 1.807) is 0 Å². The summed E-state index contributed by atoms with van der Waals surface area (Å²) in [7, 11) is 0. The lowest BCUT2D eigenvalue weighted by atomic mass is 10.1. The fraction of sp³-hybridized carbons (Fsp3) is 0.615. The van der Waals surface area contributed by atoms with Crippen molar-refractivity contribution in [1.29, 1.82) is 0 Å². The molecule has 0 amide bonds. The fourth-order valence-corrected chi connectivity index (χ4v) is 2.62. The Bertz CT molecular complexity index is 709. The monoisotopic (exact) mass is 339 g/mol. The van der Waals surface area contributed by atoms with Gasteiger partial charge in [-0.05, 0) is 13.0 Å². The fourth-order valence-electron chi connectivity index (χ4n) is 2.62. The number of imidazole rings is 1. The van der Waals surface area contributed by atoms with Gasteiger partial charge in [0.25, 0.3) is 0 Å². The van der Waals surface area contributed by atoms with Crippen molar-refractivity contribution < 1.29 is 20.1 Å². The number of aliphatic hydroxyl groups excluding tert-OH is 3. The minimum Gasteiger partial charge on any atom is -0.394 e. The van der Waals surface area contributed by atoms with Crippen LogP contribution < -0.4 is 16.8 Å². The van der Waals surface area contributed by atoms with Crippen molar-refractivity contribution in [3.63, 3.8) is 0 Å². The second-order valence-electron chi connectivity index (χ2n) is 5.55. The zero-order valence-corrected chi connectivity index (χ0v) is 12.9. The Hall–Kier alpha value is -2.05. The average molecular weight is 339 g/mol. The number of ether oxygens (including phenoxy) is 1. The number of nitrogen functional groups attached to an aromatic ring is 1. The molecule has 3 heterocycles. The van der Waals surface area contributed by atoms with Crippen LogP contribution in [0.1, 0.15) is 12.6 Å². The summed E-state index contributed by atoms with van der Waals surface area (Å²) >= 11 is 0. The van der Waals surface area contributed by atoms with Crippen LogP contribution >= 0.6 is 0 Å². The Morgan fingerprint density at radius 3 is 2.75 bits per heavy atom. The number of rotatable bonds is 6. The normalized spacial score (nSPS) is 27.0. The van der Waals surface area contributed by atoms with Gasteiger partial charge in [-0.3, -0.25) is 4.57 Å². The summed E-state index contributed by atoms with van der Waals surface area (Å²) in [6.45, 7) is 0.707. The van der Waals surface area contributed by atoms with Crippen LogP contribution in [0.15, 0.2) is 6.33 Å². The predicted octanol–water partition coefficient (Wildman–Crippen LogP) is -2.22. The molecule has 1 saturated heterocycles. The molecule has 132 valence electrons. The molecule has 2 aromatic rings. The lowest BCUT2D eigenvalue weighted by Gasteiger charge is -2.16. The molecule has 8 N–H and O–H groups in total. The smallest absolute Gasteiger partial charge is 0.226 e. The number of nitrogens with zero attached hydrogens (tertiary/aromatic N) is 4. The van der Waals surface area contributed by atoms with Gasteiger partial charge in [-0.2, -0.15) is 9.97 Å². The van der Waals surface area contributed by atoms with Gasteiger partial charge in [-0.1, -0.05) is 0 Å². The Labute approximate surface area is 137 Å². The minimum absolute atomic E-state index is 0.181. The lowest BCUT2D eigenvalue weighted by Crippen LogP contribution is -2.33. The molecule has 2 aromatic heterocycles. The van der Waals surface area contributed by atoms with Gasteiger partial charge in [0.2, 0.25) is 5.95 Å². The number of hydrogen-bond acceptors (Lipinski definition) is 10. The Kier molecular flexibility index (Phi) is 4.78. The van der Waals surface area contributed by atoms with E-state index in [4.69, 9.17) is 16.2 Å². The van der Waals surface area contributed by atoms with Crippen molar-refractivity contribution in [2.45, 2.75) is 31.0 Å². The van der Waals surface area contributed by atoms with E-state index in [1.807, 2.05) is 0 Å². The highest BCUT2D eigenvalue weighted by molar-refractivity contribution is 5.82. The average Bonchev–Trinajstić information content (AvgIpc) is 3.10. The number of aromatic nitrogens is 4. The first-order chi connectivity index (χ1) is 11.6.